The molecule has 0 saturated heterocycles. The smallest absolute Gasteiger partial charge is 0.410 e. The molecule has 1 aliphatic rings. The first-order chi connectivity index (χ1) is 12.8. The second-order valence-corrected chi connectivity index (χ2v) is 6.79. The lowest BCUT2D eigenvalue weighted by Gasteiger charge is -2.35. The van der Waals surface area contributed by atoms with Crippen LogP contribution in [0.2, 0.25) is 0 Å². The van der Waals surface area contributed by atoms with Crippen molar-refractivity contribution >= 4 is 33.6 Å². The van der Waals surface area contributed by atoms with E-state index in [9.17, 15) is 22.8 Å². The van der Waals surface area contributed by atoms with Crippen LogP contribution in [0.1, 0.15) is 17.2 Å². The zero-order valence-electron chi connectivity index (χ0n) is 14.1. The number of nitrogens with one attached hydrogen (secondary N) is 1. The molecule has 0 fully saturated rings. The van der Waals surface area contributed by atoms with Crippen LogP contribution in [-0.4, -0.2) is 30.6 Å². The van der Waals surface area contributed by atoms with E-state index in [1.165, 1.54) is 12.0 Å². The van der Waals surface area contributed by atoms with Gasteiger partial charge in [-0.25, -0.2) is 18.0 Å². The predicted molar refractivity (Wildman–Crippen MR) is 94.6 cm³/mol. The highest BCUT2D eigenvalue weighted by Gasteiger charge is 2.37. The van der Waals surface area contributed by atoms with Crippen LogP contribution in [0.5, 0.6) is 0 Å². The molecule has 142 valence electrons. The van der Waals surface area contributed by atoms with Crippen LogP contribution in [0.3, 0.4) is 0 Å². The number of anilines is 1. The van der Waals surface area contributed by atoms with Crippen molar-refractivity contribution in [3.63, 3.8) is 0 Å². The molecule has 5 nitrogen and oxygen atoms in total. The van der Waals surface area contributed by atoms with E-state index in [4.69, 9.17) is 4.74 Å². The fourth-order valence-electron chi connectivity index (χ4n) is 3.01. The van der Waals surface area contributed by atoms with E-state index in [1.54, 1.807) is 12.1 Å². The lowest BCUT2D eigenvalue weighted by Crippen LogP contribution is -2.45. The van der Waals surface area contributed by atoms with Crippen LogP contribution in [0.15, 0.2) is 34.8 Å². The molecule has 2 aromatic rings. The highest BCUT2D eigenvalue weighted by atomic mass is 79.9. The molecule has 1 heterocycles. The summed E-state index contributed by atoms with van der Waals surface area (Å²) in [5, 5.41) is 2.23. The van der Waals surface area contributed by atoms with Gasteiger partial charge in [0.05, 0.1) is 12.8 Å². The minimum Gasteiger partial charge on any atom is -0.453 e. The van der Waals surface area contributed by atoms with Crippen molar-refractivity contribution in [1.82, 2.24) is 4.90 Å². The summed E-state index contributed by atoms with van der Waals surface area (Å²) < 4.78 is 45.9. The minimum atomic E-state index is -1.69. The highest BCUT2D eigenvalue weighted by molar-refractivity contribution is 9.10. The monoisotopic (exact) mass is 442 g/mol. The predicted octanol–water partition coefficient (Wildman–Crippen LogP) is 4.17. The third-order valence-electron chi connectivity index (χ3n) is 4.29. The maximum atomic E-state index is 13.9. The Kier molecular flexibility index (Phi) is 5.41. The van der Waals surface area contributed by atoms with E-state index in [0.717, 1.165) is 11.6 Å². The number of hydrogen-bond acceptors (Lipinski definition) is 3. The summed E-state index contributed by atoms with van der Waals surface area (Å²) >= 11 is 3.32. The van der Waals surface area contributed by atoms with E-state index < -0.39 is 41.2 Å². The molecule has 27 heavy (non-hydrogen) atoms. The molecular weight excluding hydrogens is 429 g/mol. The van der Waals surface area contributed by atoms with Crippen LogP contribution < -0.4 is 5.32 Å². The van der Waals surface area contributed by atoms with Gasteiger partial charge in [-0.3, -0.25) is 9.69 Å². The largest absolute Gasteiger partial charge is 0.453 e. The Bertz CT molecular complexity index is 923. The van der Waals surface area contributed by atoms with Crippen LogP contribution in [0.4, 0.5) is 23.7 Å². The Labute approximate surface area is 161 Å². The molecule has 0 unspecified atom stereocenters. The number of amides is 2. The van der Waals surface area contributed by atoms with E-state index in [1.807, 2.05) is 6.07 Å². The molecule has 0 aliphatic carbocycles. The van der Waals surface area contributed by atoms with Gasteiger partial charge in [0, 0.05) is 11.0 Å². The number of hydrogen-bond donors (Lipinski definition) is 1. The molecule has 0 spiro atoms. The van der Waals surface area contributed by atoms with Crippen molar-refractivity contribution in [3.05, 3.63) is 63.4 Å². The van der Waals surface area contributed by atoms with Gasteiger partial charge in [-0.1, -0.05) is 22.0 Å². The van der Waals surface area contributed by atoms with Crippen LogP contribution in [0, 0.1) is 17.5 Å². The van der Waals surface area contributed by atoms with Crippen LogP contribution >= 0.6 is 15.9 Å². The number of halogens is 4. The van der Waals surface area contributed by atoms with E-state index >= 15 is 0 Å². The second-order valence-electron chi connectivity index (χ2n) is 5.87. The summed E-state index contributed by atoms with van der Waals surface area (Å²) in [5.74, 6) is -5.35. The van der Waals surface area contributed by atoms with E-state index in [2.05, 4.69) is 21.2 Å². The lowest BCUT2D eigenvalue weighted by atomic mass is 9.92. The zero-order valence-corrected chi connectivity index (χ0v) is 15.6. The maximum absolute atomic E-state index is 13.9. The van der Waals surface area contributed by atoms with E-state index in [0.29, 0.717) is 22.5 Å². The first-order valence-corrected chi connectivity index (χ1v) is 8.70. The zero-order chi connectivity index (χ0) is 19.7. The Morgan fingerprint density at radius 3 is 2.63 bits per heavy atom. The van der Waals surface area contributed by atoms with E-state index in [-0.39, 0.29) is 6.54 Å². The average molecular weight is 443 g/mol. The van der Waals surface area contributed by atoms with Crippen molar-refractivity contribution in [1.29, 1.82) is 0 Å². The van der Waals surface area contributed by atoms with Gasteiger partial charge >= 0.3 is 6.09 Å². The molecule has 3 rings (SSSR count). The molecule has 9 heteroatoms. The molecule has 2 amide bonds. The Hall–Kier alpha value is -2.55. The Morgan fingerprint density at radius 1 is 1.19 bits per heavy atom. The number of nitrogens with zero attached hydrogens (tertiary/aromatic N) is 1. The van der Waals surface area contributed by atoms with Gasteiger partial charge in [0.25, 0.3) is 5.91 Å². The van der Waals surface area contributed by atoms with Gasteiger partial charge in [-0.15, -0.1) is 0 Å². The van der Waals surface area contributed by atoms with Gasteiger partial charge < -0.3 is 10.1 Å². The first kappa shape index (κ1) is 19.2. The van der Waals surface area contributed by atoms with Crippen molar-refractivity contribution in [2.24, 2.45) is 0 Å². The average Bonchev–Trinajstić information content (AvgIpc) is 2.66. The number of carbonyl (C=O) groups excluding carboxylic acids is 2. The minimum absolute atomic E-state index is 0.208. The quantitative estimate of drug-likeness (QED) is 0.710. The first-order valence-electron chi connectivity index (χ1n) is 7.90. The van der Waals surface area contributed by atoms with Crippen LogP contribution in [0.25, 0.3) is 0 Å². The SMILES string of the molecule is COC(=O)N1CCc2ccc(Br)cc2[C@H]1C(=O)Nc1ccc(F)c(F)c1F. The molecule has 0 aromatic heterocycles. The number of benzene rings is 2. The van der Waals surface area contributed by atoms with Gasteiger partial charge in [0.1, 0.15) is 6.04 Å². The highest BCUT2D eigenvalue weighted by Crippen LogP contribution is 2.34. The third-order valence-corrected chi connectivity index (χ3v) is 4.78. The van der Waals surface area contributed by atoms with Gasteiger partial charge in [0.2, 0.25) is 0 Å². The summed E-state index contributed by atoms with van der Waals surface area (Å²) in [6.07, 6.45) is -0.229. The molecular formula is C18H14BrF3N2O3. The van der Waals surface area contributed by atoms with Gasteiger partial charge in [0.15, 0.2) is 17.5 Å². The molecule has 1 aliphatic heterocycles. The second kappa shape index (κ2) is 7.59. The Balaban J connectivity index is 2.00. The maximum Gasteiger partial charge on any atom is 0.410 e. The van der Waals surface area contributed by atoms with Crippen molar-refractivity contribution < 1.29 is 27.5 Å². The van der Waals surface area contributed by atoms with Gasteiger partial charge in [-0.05, 0) is 41.8 Å². The number of fused-ring (bicyclic) bond motifs is 1. The van der Waals surface area contributed by atoms with Crippen molar-refractivity contribution in [2.45, 2.75) is 12.5 Å². The number of carbonyl (C=O) groups is 2. The normalized spacial score (nSPS) is 15.9. The number of methoxy groups -OCH3 is 1. The van der Waals surface area contributed by atoms with Crippen LogP contribution in [-0.2, 0) is 16.0 Å². The molecule has 0 saturated carbocycles. The van der Waals surface area contributed by atoms with Crippen molar-refractivity contribution in [3.8, 4) is 0 Å². The molecule has 0 bridgehead atoms. The topological polar surface area (TPSA) is 58.6 Å². The van der Waals surface area contributed by atoms with Crippen molar-refractivity contribution in [2.75, 3.05) is 19.0 Å². The Morgan fingerprint density at radius 2 is 1.93 bits per heavy atom. The summed E-state index contributed by atoms with van der Waals surface area (Å²) in [5.41, 5.74) is 0.844. The standard InChI is InChI=1S/C18H14BrF3N2O3/c1-27-18(26)24-7-6-9-2-3-10(19)8-11(9)16(24)17(25)23-13-5-4-12(20)14(21)15(13)22/h2-5,8,16H,6-7H2,1H3,(H,23,25)/t16-/m0/s1. The summed E-state index contributed by atoms with van der Waals surface area (Å²) in [4.78, 5) is 26.2. The third kappa shape index (κ3) is 3.64. The molecule has 2 aromatic carbocycles. The van der Waals surface area contributed by atoms with Gasteiger partial charge in [-0.2, -0.15) is 0 Å². The molecule has 1 atom stereocenters. The summed E-state index contributed by atoms with van der Waals surface area (Å²) in [6.45, 7) is 0.208. The fraction of sp³-hybridized carbons (Fsp3) is 0.222. The molecule has 1 N–H and O–H groups in total. The number of ether oxygens (including phenoxy) is 1. The fourth-order valence-corrected chi connectivity index (χ4v) is 3.38. The molecule has 0 radical (unpaired) electrons. The lowest BCUT2D eigenvalue weighted by molar-refractivity contribution is -0.121. The summed E-state index contributed by atoms with van der Waals surface area (Å²) in [6, 6.07) is 5.79. The summed E-state index contributed by atoms with van der Waals surface area (Å²) in [7, 11) is 1.18. The number of rotatable bonds is 2.